The fraction of sp³-hybridized carbons (Fsp3) is 0.367. The van der Waals surface area contributed by atoms with Gasteiger partial charge in [-0.2, -0.15) is 0 Å². The fourth-order valence-electron chi connectivity index (χ4n) is 5.26. The Labute approximate surface area is 201 Å². The van der Waals surface area contributed by atoms with Gasteiger partial charge in [0.15, 0.2) is 11.6 Å². The van der Waals surface area contributed by atoms with E-state index in [0.29, 0.717) is 25.2 Å². The number of aromatic nitrogens is 1. The van der Waals surface area contributed by atoms with Gasteiger partial charge in [-0.25, -0.2) is 0 Å². The Balaban J connectivity index is 1.40. The summed E-state index contributed by atoms with van der Waals surface area (Å²) in [5.74, 6) is 0.742. The fourth-order valence-corrected chi connectivity index (χ4v) is 5.26. The molecule has 0 amide bonds. The summed E-state index contributed by atoms with van der Waals surface area (Å²) >= 11 is 0. The molecular weight excluding hydrogens is 422 g/mol. The molecular formula is C30H31NO3. The second-order valence-electron chi connectivity index (χ2n) is 9.54. The van der Waals surface area contributed by atoms with Crippen LogP contribution < -0.4 is 0 Å². The molecule has 2 aliphatic rings. The van der Waals surface area contributed by atoms with Crippen molar-refractivity contribution >= 4 is 22.5 Å². The zero-order chi connectivity index (χ0) is 23.3. The van der Waals surface area contributed by atoms with Crippen LogP contribution in [0.5, 0.6) is 0 Å². The number of benzene rings is 2. The molecule has 1 fully saturated rings. The Kier molecular flexibility index (Phi) is 6.96. The summed E-state index contributed by atoms with van der Waals surface area (Å²) in [5.41, 5.74) is 6.06. The van der Waals surface area contributed by atoms with Crippen LogP contribution in [0.2, 0.25) is 0 Å². The Morgan fingerprint density at radius 2 is 1.74 bits per heavy atom. The highest BCUT2D eigenvalue weighted by Crippen LogP contribution is 2.33. The molecule has 4 heteroatoms. The van der Waals surface area contributed by atoms with Crippen LogP contribution in [0.4, 0.5) is 0 Å². The summed E-state index contributed by atoms with van der Waals surface area (Å²) in [6, 6.07) is 18.1. The Morgan fingerprint density at radius 1 is 0.971 bits per heavy atom. The van der Waals surface area contributed by atoms with Gasteiger partial charge >= 0.3 is 0 Å². The number of aryl methyl sites for hydroxylation is 2. The quantitative estimate of drug-likeness (QED) is 0.333. The second-order valence-corrected chi connectivity index (χ2v) is 9.54. The second kappa shape index (κ2) is 10.4. The van der Waals surface area contributed by atoms with Gasteiger partial charge in [0.2, 0.25) is 0 Å². The van der Waals surface area contributed by atoms with E-state index in [1.807, 2.05) is 48.5 Å². The minimum absolute atomic E-state index is 0.158. The molecule has 34 heavy (non-hydrogen) atoms. The van der Waals surface area contributed by atoms with E-state index in [1.54, 1.807) is 0 Å². The third-order valence-corrected chi connectivity index (χ3v) is 7.13. The third kappa shape index (κ3) is 5.18. The van der Waals surface area contributed by atoms with E-state index >= 15 is 0 Å². The van der Waals surface area contributed by atoms with Crippen LogP contribution in [0.3, 0.4) is 0 Å². The van der Waals surface area contributed by atoms with Crippen LogP contribution >= 0.6 is 0 Å². The molecule has 1 aliphatic carbocycles. The van der Waals surface area contributed by atoms with E-state index in [1.165, 1.54) is 5.56 Å². The number of para-hydroxylation sites is 1. The van der Waals surface area contributed by atoms with E-state index in [4.69, 9.17) is 9.72 Å². The molecule has 4 nitrogen and oxygen atoms in total. The van der Waals surface area contributed by atoms with Crippen molar-refractivity contribution in [1.82, 2.24) is 4.98 Å². The van der Waals surface area contributed by atoms with Gasteiger partial charge < -0.3 is 4.74 Å². The molecule has 1 aromatic heterocycles. The number of nitrogens with zero attached hydrogens (tertiary/aromatic N) is 1. The first-order chi connectivity index (χ1) is 16.7. The summed E-state index contributed by atoms with van der Waals surface area (Å²) in [5, 5.41) is 0.940. The summed E-state index contributed by atoms with van der Waals surface area (Å²) in [4.78, 5) is 31.3. The smallest absolute Gasteiger partial charge is 0.164 e. The first-order valence-electron chi connectivity index (χ1n) is 12.4. The van der Waals surface area contributed by atoms with Crippen molar-refractivity contribution in [3.05, 3.63) is 88.6 Å². The van der Waals surface area contributed by atoms with Gasteiger partial charge in [-0.05, 0) is 67.7 Å². The molecule has 0 saturated carbocycles. The topological polar surface area (TPSA) is 56.3 Å². The van der Waals surface area contributed by atoms with E-state index in [-0.39, 0.29) is 11.6 Å². The van der Waals surface area contributed by atoms with Crippen molar-refractivity contribution in [1.29, 1.82) is 0 Å². The molecule has 0 radical (unpaired) electrons. The number of pyridine rings is 1. The summed E-state index contributed by atoms with van der Waals surface area (Å²) < 4.78 is 5.49. The monoisotopic (exact) mass is 453 g/mol. The molecule has 1 aliphatic heterocycles. The minimum Gasteiger partial charge on any atom is -0.381 e. The summed E-state index contributed by atoms with van der Waals surface area (Å²) in [6.45, 7) is 1.48. The lowest BCUT2D eigenvalue weighted by atomic mass is 9.82. The van der Waals surface area contributed by atoms with Gasteiger partial charge in [0, 0.05) is 42.7 Å². The molecule has 0 N–H and O–H groups in total. The highest BCUT2D eigenvalue weighted by atomic mass is 16.5. The number of rotatable bonds is 7. The van der Waals surface area contributed by atoms with Crippen molar-refractivity contribution in [3.63, 3.8) is 0 Å². The van der Waals surface area contributed by atoms with Gasteiger partial charge in [0.25, 0.3) is 0 Å². The number of Topliss-reactive ketones (excluding diaryl/α,β-unsaturated/α-hetero) is 1. The number of carbonyl (C=O) groups excluding carboxylic acids is 2. The van der Waals surface area contributed by atoms with Crippen molar-refractivity contribution < 1.29 is 14.3 Å². The van der Waals surface area contributed by atoms with Crippen molar-refractivity contribution in [2.24, 2.45) is 5.92 Å². The van der Waals surface area contributed by atoms with E-state index in [0.717, 1.165) is 78.6 Å². The maximum Gasteiger partial charge on any atom is 0.164 e. The summed E-state index contributed by atoms with van der Waals surface area (Å²) in [7, 11) is 0. The van der Waals surface area contributed by atoms with Crippen LogP contribution in [0, 0.1) is 5.92 Å². The van der Waals surface area contributed by atoms with E-state index < -0.39 is 0 Å². The zero-order valence-corrected chi connectivity index (χ0v) is 19.6. The van der Waals surface area contributed by atoms with Crippen LogP contribution in [-0.2, 0) is 28.8 Å². The molecule has 0 unspecified atom stereocenters. The highest BCUT2D eigenvalue weighted by Gasteiger charge is 2.26. The third-order valence-electron chi connectivity index (χ3n) is 7.13. The maximum atomic E-state index is 13.6. The van der Waals surface area contributed by atoms with Crippen molar-refractivity contribution in [2.75, 3.05) is 13.2 Å². The first kappa shape index (κ1) is 22.7. The van der Waals surface area contributed by atoms with Gasteiger partial charge in [-0.3, -0.25) is 14.6 Å². The molecule has 3 aromatic rings. The molecule has 174 valence electrons. The number of fused-ring (bicyclic) bond motifs is 2. The zero-order valence-electron chi connectivity index (χ0n) is 19.6. The number of ether oxygens (including phenoxy) is 1. The van der Waals surface area contributed by atoms with Crippen LogP contribution in [0.1, 0.15) is 59.3 Å². The average Bonchev–Trinajstić information content (AvgIpc) is 2.87. The molecule has 5 rings (SSSR count). The highest BCUT2D eigenvalue weighted by molar-refractivity contribution is 6.09. The van der Waals surface area contributed by atoms with Gasteiger partial charge in [-0.1, -0.05) is 54.1 Å². The lowest BCUT2D eigenvalue weighted by Crippen LogP contribution is -2.21. The van der Waals surface area contributed by atoms with Crippen molar-refractivity contribution in [3.8, 4) is 0 Å². The molecule has 1 saturated heterocycles. The lowest BCUT2D eigenvalue weighted by Gasteiger charge is -2.25. The maximum absolute atomic E-state index is 13.6. The number of carbonyl (C=O) groups is 2. The lowest BCUT2D eigenvalue weighted by molar-refractivity contribution is -0.114. The number of hydrogen-bond acceptors (Lipinski definition) is 4. The largest absolute Gasteiger partial charge is 0.381 e. The summed E-state index contributed by atoms with van der Waals surface area (Å²) in [6.07, 6.45) is 7.76. The number of allylic oxidation sites excluding steroid dienone is 2. The predicted molar refractivity (Wildman–Crippen MR) is 134 cm³/mol. The Hall–Kier alpha value is -3.11. The van der Waals surface area contributed by atoms with Gasteiger partial charge in [0.05, 0.1) is 5.52 Å². The number of ketones is 2. The molecule has 0 bridgehead atoms. The van der Waals surface area contributed by atoms with Crippen LogP contribution in [-0.4, -0.2) is 29.8 Å². The number of hydrogen-bond donors (Lipinski definition) is 0. The first-order valence-corrected chi connectivity index (χ1v) is 12.4. The van der Waals surface area contributed by atoms with Gasteiger partial charge in [0.1, 0.15) is 0 Å². The van der Waals surface area contributed by atoms with Crippen LogP contribution in [0.25, 0.3) is 10.9 Å². The molecule has 0 atom stereocenters. The average molecular weight is 454 g/mol. The Morgan fingerprint density at radius 3 is 2.56 bits per heavy atom. The molecule has 2 aromatic carbocycles. The SMILES string of the molecule is O=C(/C=C1/CCc2nc3ccccc3c(C(=O)CC3CCOCC3)c2C1)CCc1ccccc1. The van der Waals surface area contributed by atoms with Crippen LogP contribution in [0.15, 0.2) is 66.2 Å². The standard InChI is InChI=1S/C30H31NO3/c32-24(12-10-21-6-2-1-3-7-21)18-23-11-13-28-26(19-23)30(25-8-4-5-9-27(25)31-28)29(33)20-22-14-16-34-17-15-22/h1-9,18,22H,10-17,19-20H2/b23-18-. The minimum atomic E-state index is 0.158. The van der Waals surface area contributed by atoms with E-state index in [9.17, 15) is 9.59 Å². The molecule has 0 spiro atoms. The normalized spacial score (nSPS) is 17.6. The van der Waals surface area contributed by atoms with E-state index in [2.05, 4.69) is 12.1 Å². The Bertz CT molecular complexity index is 1220. The predicted octanol–water partition coefficient (Wildman–Crippen LogP) is 5.85. The van der Waals surface area contributed by atoms with Gasteiger partial charge in [-0.15, -0.1) is 0 Å². The van der Waals surface area contributed by atoms with Crippen molar-refractivity contribution in [2.45, 2.75) is 51.4 Å². The molecule has 2 heterocycles.